The molecule has 1 unspecified atom stereocenters. The van der Waals surface area contributed by atoms with E-state index in [1.165, 1.54) is 17.7 Å². The number of anilines is 1. The van der Waals surface area contributed by atoms with Gasteiger partial charge in [0, 0.05) is 16.9 Å². The van der Waals surface area contributed by atoms with Gasteiger partial charge in [-0.3, -0.25) is 4.90 Å². The molecular formula is C28H25FN4OS. The summed E-state index contributed by atoms with van der Waals surface area (Å²) >= 11 is 5.77. The summed E-state index contributed by atoms with van der Waals surface area (Å²) in [6.45, 7) is 6.15. The summed E-state index contributed by atoms with van der Waals surface area (Å²) in [5.41, 5.74) is 6.70. The number of aromatic nitrogens is 2. The highest BCUT2D eigenvalue weighted by atomic mass is 32.1. The number of allylic oxidation sites excluding steroid dienone is 1. The quantitative estimate of drug-likeness (QED) is 0.322. The van der Waals surface area contributed by atoms with E-state index in [1.54, 1.807) is 12.1 Å². The van der Waals surface area contributed by atoms with Crippen LogP contribution in [0.2, 0.25) is 0 Å². The third-order valence-corrected chi connectivity index (χ3v) is 6.56. The molecule has 0 spiro atoms. The molecule has 0 saturated heterocycles. The molecule has 3 aromatic carbocycles. The van der Waals surface area contributed by atoms with Gasteiger partial charge in [0.15, 0.2) is 5.11 Å². The highest BCUT2D eigenvalue weighted by Gasteiger charge is 2.34. The summed E-state index contributed by atoms with van der Waals surface area (Å²) in [7, 11) is 0. The van der Waals surface area contributed by atoms with Gasteiger partial charge in [0.05, 0.1) is 11.6 Å². The third kappa shape index (κ3) is 4.47. The van der Waals surface area contributed by atoms with Crippen LogP contribution in [0.4, 0.5) is 10.1 Å². The van der Waals surface area contributed by atoms with Gasteiger partial charge in [0.1, 0.15) is 5.82 Å². The number of thiocarbonyl (C=S) groups is 1. The van der Waals surface area contributed by atoms with Crippen LogP contribution >= 0.6 is 12.2 Å². The summed E-state index contributed by atoms with van der Waals surface area (Å²) in [5.74, 6) is 0.598. The first-order chi connectivity index (χ1) is 16.9. The Bertz CT molecular complexity index is 1390. The van der Waals surface area contributed by atoms with Gasteiger partial charge < -0.3 is 9.84 Å². The number of nitrogens with one attached hydrogen (secondary N) is 1. The van der Waals surface area contributed by atoms with Crippen molar-refractivity contribution < 1.29 is 8.91 Å². The second kappa shape index (κ2) is 9.43. The molecule has 1 N–H and O–H groups in total. The fourth-order valence-corrected chi connectivity index (χ4v) is 4.63. The van der Waals surface area contributed by atoms with E-state index in [0.717, 1.165) is 40.1 Å². The smallest absolute Gasteiger partial charge is 0.258 e. The lowest BCUT2D eigenvalue weighted by molar-refractivity contribution is 0.404. The molecule has 5 rings (SSSR count). The SMILES string of the molecule is CCc1ccc(-c2noc(C3=C(C)N(c4ccc(C)cc4)C(=S)NC3c3ccc(F)cc3)n2)cc1. The van der Waals surface area contributed by atoms with E-state index < -0.39 is 0 Å². The zero-order valence-electron chi connectivity index (χ0n) is 19.7. The van der Waals surface area contributed by atoms with Crippen molar-refractivity contribution in [1.82, 2.24) is 15.5 Å². The first-order valence-corrected chi connectivity index (χ1v) is 11.9. The largest absolute Gasteiger partial charge is 0.351 e. The maximum atomic E-state index is 13.7. The molecule has 1 aliphatic rings. The molecule has 1 atom stereocenters. The van der Waals surface area contributed by atoms with Crippen LogP contribution in [0, 0.1) is 12.7 Å². The van der Waals surface area contributed by atoms with Gasteiger partial charge in [-0.05, 0) is 67.9 Å². The molecule has 176 valence electrons. The Morgan fingerprint density at radius 1 is 0.971 bits per heavy atom. The van der Waals surface area contributed by atoms with Gasteiger partial charge >= 0.3 is 0 Å². The lowest BCUT2D eigenvalue weighted by Gasteiger charge is -2.37. The molecule has 2 heterocycles. The van der Waals surface area contributed by atoms with Crippen molar-refractivity contribution in [2.24, 2.45) is 0 Å². The van der Waals surface area contributed by atoms with Gasteiger partial charge in [-0.2, -0.15) is 4.98 Å². The Morgan fingerprint density at radius 2 is 1.66 bits per heavy atom. The summed E-state index contributed by atoms with van der Waals surface area (Å²) < 4.78 is 19.5. The predicted octanol–water partition coefficient (Wildman–Crippen LogP) is 6.61. The van der Waals surface area contributed by atoms with Gasteiger partial charge in [-0.1, -0.05) is 66.2 Å². The van der Waals surface area contributed by atoms with Crippen molar-refractivity contribution in [2.45, 2.75) is 33.2 Å². The molecule has 7 heteroatoms. The monoisotopic (exact) mass is 484 g/mol. The van der Waals surface area contributed by atoms with Crippen LogP contribution in [-0.4, -0.2) is 15.3 Å². The molecular weight excluding hydrogens is 459 g/mol. The van der Waals surface area contributed by atoms with Crippen LogP contribution in [0.3, 0.4) is 0 Å². The van der Waals surface area contributed by atoms with Gasteiger partial charge in [0.25, 0.3) is 5.89 Å². The molecule has 0 aliphatic carbocycles. The van der Waals surface area contributed by atoms with Crippen molar-refractivity contribution in [1.29, 1.82) is 0 Å². The maximum absolute atomic E-state index is 13.7. The Morgan fingerprint density at radius 3 is 2.31 bits per heavy atom. The van der Waals surface area contributed by atoms with Crippen molar-refractivity contribution >= 4 is 28.6 Å². The second-order valence-electron chi connectivity index (χ2n) is 8.58. The van der Waals surface area contributed by atoms with Crippen molar-refractivity contribution in [3.05, 3.63) is 107 Å². The van der Waals surface area contributed by atoms with Crippen LogP contribution in [0.15, 0.2) is 83.0 Å². The lowest BCUT2D eigenvalue weighted by Crippen LogP contribution is -2.46. The minimum absolute atomic E-state index is 0.300. The highest BCUT2D eigenvalue weighted by molar-refractivity contribution is 7.80. The average Bonchev–Trinajstić information content (AvgIpc) is 3.35. The standard InChI is InChI=1S/C28H25FN4OS/c1-4-19-7-9-21(10-8-19)26-31-27(34-32-26)24-18(3)33(23-15-5-17(2)6-16-23)28(35)30-25(24)20-11-13-22(29)14-12-20/h5-16,25H,4H2,1-3H3,(H,30,35). The number of hydrogen-bond donors (Lipinski definition) is 1. The van der Waals surface area contributed by atoms with E-state index in [4.69, 9.17) is 21.7 Å². The lowest BCUT2D eigenvalue weighted by atomic mass is 9.94. The molecule has 0 saturated carbocycles. The molecule has 4 aromatic rings. The maximum Gasteiger partial charge on any atom is 0.258 e. The molecule has 0 amide bonds. The number of aryl methyl sites for hydroxylation is 2. The molecule has 35 heavy (non-hydrogen) atoms. The summed E-state index contributed by atoms with van der Waals surface area (Å²) in [6.07, 6.45) is 0.962. The molecule has 0 radical (unpaired) electrons. The van der Waals surface area contributed by atoms with Gasteiger partial charge in [-0.15, -0.1) is 0 Å². The summed E-state index contributed by atoms with van der Waals surface area (Å²) in [5, 5.41) is 8.21. The van der Waals surface area contributed by atoms with Gasteiger partial charge in [-0.25, -0.2) is 4.39 Å². The van der Waals surface area contributed by atoms with E-state index in [9.17, 15) is 4.39 Å². The number of halogens is 1. The number of hydrogen-bond acceptors (Lipinski definition) is 4. The average molecular weight is 485 g/mol. The Labute approximate surface area is 209 Å². The topological polar surface area (TPSA) is 54.2 Å². The number of rotatable bonds is 5. The molecule has 1 aromatic heterocycles. The Hall–Kier alpha value is -3.84. The van der Waals surface area contributed by atoms with E-state index in [1.807, 2.05) is 55.1 Å². The van der Waals surface area contributed by atoms with Crippen LogP contribution in [0.5, 0.6) is 0 Å². The summed E-state index contributed by atoms with van der Waals surface area (Å²) in [6, 6.07) is 22.3. The molecule has 0 fully saturated rings. The predicted molar refractivity (Wildman–Crippen MR) is 140 cm³/mol. The fourth-order valence-electron chi connectivity index (χ4n) is 4.27. The first-order valence-electron chi connectivity index (χ1n) is 11.5. The number of benzene rings is 3. The highest BCUT2D eigenvalue weighted by Crippen LogP contribution is 2.39. The van der Waals surface area contributed by atoms with Crippen LogP contribution in [-0.2, 0) is 6.42 Å². The number of nitrogens with zero attached hydrogens (tertiary/aromatic N) is 3. The molecule has 5 nitrogen and oxygen atoms in total. The fraction of sp³-hybridized carbons (Fsp3) is 0.179. The normalized spacial score (nSPS) is 15.9. The minimum Gasteiger partial charge on any atom is -0.351 e. The zero-order valence-corrected chi connectivity index (χ0v) is 20.6. The van der Waals surface area contributed by atoms with E-state index >= 15 is 0 Å². The van der Waals surface area contributed by atoms with E-state index in [0.29, 0.717) is 16.8 Å². The minimum atomic E-state index is -0.374. The first kappa shape index (κ1) is 22.9. The van der Waals surface area contributed by atoms with Gasteiger partial charge in [0.2, 0.25) is 5.82 Å². The van der Waals surface area contributed by atoms with Crippen LogP contribution in [0.1, 0.15) is 42.5 Å². The second-order valence-corrected chi connectivity index (χ2v) is 8.96. The summed E-state index contributed by atoms with van der Waals surface area (Å²) in [4.78, 5) is 6.71. The Kier molecular flexibility index (Phi) is 6.17. The van der Waals surface area contributed by atoms with Crippen molar-refractivity contribution in [3.63, 3.8) is 0 Å². The van der Waals surface area contributed by atoms with E-state index in [2.05, 4.69) is 29.5 Å². The molecule has 1 aliphatic heterocycles. The van der Waals surface area contributed by atoms with Crippen molar-refractivity contribution in [3.8, 4) is 11.4 Å². The zero-order chi connectivity index (χ0) is 24.5. The Balaban J connectivity index is 1.62. The van der Waals surface area contributed by atoms with Crippen LogP contribution < -0.4 is 10.2 Å². The van der Waals surface area contributed by atoms with E-state index in [-0.39, 0.29) is 11.9 Å². The molecule has 0 bridgehead atoms. The third-order valence-electron chi connectivity index (χ3n) is 6.26. The van der Waals surface area contributed by atoms with Crippen LogP contribution in [0.25, 0.3) is 17.0 Å². The van der Waals surface area contributed by atoms with Crippen molar-refractivity contribution in [2.75, 3.05) is 4.90 Å².